The molecule has 0 N–H and O–H groups in total. The molecule has 0 aliphatic rings. The molecule has 0 spiro atoms. The van der Waals surface area contributed by atoms with Gasteiger partial charge >= 0.3 is 21.7 Å². The summed E-state index contributed by atoms with van der Waals surface area (Å²) < 4.78 is 0. The molecule has 0 aromatic heterocycles. The molecule has 37 heavy (non-hydrogen) atoms. The van der Waals surface area contributed by atoms with Crippen molar-refractivity contribution in [2.45, 2.75) is 0 Å². The Kier molecular flexibility index (Phi) is 10.1. The van der Waals surface area contributed by atoms with E-state index in [1.165, 1.54) is 48.5 Å². The van der Waals surface area contributed by atoms with Gasteiger partial charge in [-0.15, -0.1) is 0 Å². The van der Waals surface area contributed by atoms with Gasteiger partial charge in [-0.2, -0.15) is 0 Å². The van der Waals surface area contributed by atoms with Crippen molar-refractivity contribution >= 4 is 23.9 Å². The Bertz CT molecular complexity index is 1240. The summed E-state index contributed by atoms with van der Waals surface area (Å²) in [7, 11) is 0. The Balaban J connectivity index is 0.000000253. The average molecular weight is 528 g/mol. The molecular formula is C28H16O8Ti. The molecule has 0 amide bonds. The normalized spacial score (nSPS) is 9.73. The largest absolute Gasteiger partial charge is 4.00 e. The van der Waals surface area contributed by atoms with Crippen molar-refractivity contribution in [3.05, 3.63) is 119 Å². The predicted molar refractivity (Wildman–Crippen MR) is 121 cm³/mol. The molecule has 0 fully saturated rings. The van der Waals surface area contributed by atoms with Crippen LogP contribution in [0.3, 0.4) is 0 Å². The van der Waals surface area contributed by atoms with E-state index in [-0.39, 0.29) is 44.0 Å². The number of benzene rings is 4. The van der Waals surface area contributed by atoms with Crippen molar-refractivity contribution in [1.29, 1.82) is 0 Å². The second-order valence-corrected chi connectivity index (χ2v) is 7.33. The molecule has 0 aliphatic heterocycles. The number of hydrogen-bond donors (Lipinski definition) is 0. The van der Waals surface area contributed by atoms with Gasteiger partial charge in [0.05, 0.1) is 23.9 Å². The zero-order valence-electron chi connectivity index (χ0n) is 19.0. The second-order valence-electron chi connectivity index (χ2n) is 7.33. The van der Waals surface area contributed by atoms with E-state index in [0.717, 1.165) is 0 Å². The molecule has 0 unspecified atom stereocenters. The summed E-state index contributed by atoms with van der Waals surface area (Å²) in [6.45, 7) is 0. The molecule has 0 heterocycles. The Morgan fingerprint density at radius 2 is 0.514 bits per heavy atom. The van der Waals surface area contributed by atoms with Crippen molar-refractivity contribution in [3.8, 4) is 22.3 Å². The Labute approximate surface area is 226 Å². The standard InChI is InChI=1S/2C14H10O4.Ti/c2*15-13(16)11-7-3-1-5-9(11)10-6-2-4-8-12(10)14(17)18;/h2*1-8H,(H,15,16)(H,17,18);/q;;+4/p-4. The maximum atomic E-state index is 11.0. The van der Waals surface area contributed by atoms with Crippen LogP contribution in [0.15, 0.2) is 97.1 Å². The van der Waals surface area contributed by atoms with Gasteiger partial charge in [-0.3, -0.25) is 0 Å². The van der Waals surface area contributed by atoms with Gasteiger partial charge in [0.2, 0.25) is 0 Å². The number of carbonyl (C=O) groups is 4. The van der Waals surface area contributed by atoms with Gasteiger partial charge < -0.3 is 39.6 Å². The van der Waals surface area contributed by atoms with Crippen molar-refractivity contribution in [1.82, 2.24) is 0 Å². The smallest absolute Gasteiger partial charge is 0.545 e. The van der Waals surface area contributed by atoms with Crippen LogP contribution in [-0.4, -0.2) is 23.9 Å². The van der Waals surface area contributed by atoms with Crippen molar-refractivity contribution < 1.29 is 61.3 Å². The SMILES string of the molecule is O=C([O-])c1ccccc1-c1ccccc1C(=O)[O-].O=C([O-])c1ccccc1-c1ccccc1C(=O)[O-].[Ti+4]. The molecule has 180 valence electrons. The first-order valence-electron chi connectivity index (χ1n) is 10.4. The van der Waals surface area contributed by atoms with Gasteiger partial charge in [-0.25, -0.2) is 0 Å². The molecule has 0 atom stereocenters. The van der Waals surface area contributed by atoms with Crippen LogP contribution in [0.2, 0.25) is 0 Å². The van der Waals surface area contributed by atoms with E-state index in [0.29, 0.717) is 22.3 Å². The number of carboxylic acids is 4. The molecule has 4 aromatic carbocycles. The summed E-state index contributed by atoms with van der Waals surface area (Å²) in [4.78, 5) is 44.0. The van der Waals surface area contributed by atoms with E-state index in [1.54, 1.807) is 48.5 Å². The maximum absolute atomic E-state index is 11.0. The number of carboxylic acid groups (broad SMARTS) is 4. The monoisotopic (exact) mass is 528 g/mol. The zero-order chi connectivity index (χ0) is 26.2. The first-order chi connectivity index (χ1) is 17.2. The predicted octanol–water partition coefficient (Wildman–Crippen LogP) is 0.159. The molecule has 9 heteroatoms. The van der Waals surface area contributed by atoms with E-state index >= 15 is 0 Å². The van der Waals surface area contributed by atoms with Gasteiger partial charge in [-0.05, 0) is 22.3 Å². The van der Waals surface area contributed by atoms with Crippen LogP contribution in [0.1, 0.15) is 41.4 Å². The third kappa shape index (κ3) is 6.79. The van der Waals surface area contributed by atoms with Crippen molar-refractivity contribution in [3.63, 3.8) is 0 Å². The summed E-state index contributed by atoms with van der Waals surface area (Å²) in [5.41, 5.74) is 1.01. The fourth-order valence-corrected chi connectivity index (χ4v) is 3.58. The van der Waals surface area contributed by atoms with Crippen LogP contribution in [0.4, 0.5) is 0 Å². The van der Waals surface area contributed by atoms with Gasteiger partial charge in [0.1, 0.15) is 0 Å². The average Bonchev–Trinajstić information content (AvgIpc) is 2.89. The molecule has 0 saturated heterocycles. The third-order valence-electron chi connectivity index (χ3n) is 5.17. The van der Waals surface area contributed by atoms with Crippen molar-refractivity contribution in [2.24, 2.45) is 0 Å². The molecule has 4 rings (SSSR count). The molecule has 0 bridgehead atoms. The quantitative estimate of drug-likeness (QED) is 0.320. The van der Waals surface area contributed by atoms with Crippen molar-refractivity contribution in [2.75, 3.05) is 0 Å². The molecule has 4 aromatic rings. The topological polar surface area (TPSA) is 161 Å². The Morgan fingerprint density at radius 3 is 0.676 bits per heavy atom. The first-order valence-corrected chi connectivity index (χ1v) is 10.4. The van der Waals surface area contributed by atoms with E-state index in [1.807, 2.05) is 0 Å². The summed E-state index contributed by atoms with van der Waals surface area (Å²) in [5.74, 6) is -5.39. The van der Waals surface area contributed by atoms with Crippen LogP contribution >= 0.6 is 0 Å². The summed E-state index contributed by atoms with van der Waals surface area (Å²) >= 11 is 0. The van der Waals surface area contributed by atoms with E-state index in [9.17, 15) is 39.6 Å². The number of aromatic carboxylic acids is 4. The van der Waals surface area contributed by atoms with Crippen LogP contribution in [-0.2, 0) is 21.7 Å². The summed E-state index contributed by atoms with van der Waals surface area (Å²) in [6, 6.07) is 24.4. The second kappa shape index (κ2) is 13.0. The van der Waals surface area contributed by atoms with E-state index in [4.69, 9.17) is 0 Å². The molecule has 0 saturated carbocycles. The number of rotatable bonds is 6. The summed E-state index contributed by atoms with van der Waals surface area (Å²) in [6.07, 6.45) is 0. The fourth-order valence-electron chi connectivity index (χ4n) is 3.58. The number of carbonyl (C=O) groups excluding carboxylic acids is 4. The summed E-state index contributed by atoms with van der Waals surface area (Å²) in [5, 5.41) is 44.0. The van der Waals surface area contributed by atoms with Gasteiger partial charge in [0.25, 0.3) is 0 Å². The van der Waals surface area contributed by atoms with Gasteiger partial charge in [-0.1, -0.05) is 97.1 Å². The van der Waals surface area contributed by atoms with E-state index < -0.39 is 23.9 Å². The third-order valence-corrected chi connectivity index (χ3v) is 5.17. The van der Waals surface area contributed by atoms with Gasteiger partial charge in [0, 0.05) is 22.3 Å². The minimum atomic E-state index is -1.35. The van der Waals surface area contributed by atoms with E-state index in [2.05, 4.69) is 0 Å². The maximum Gasteiger partial charge on any atom is 4.00 e. The van der Waals surface area contributed by atoms with Crippen LogP contribution in [0.25, 0.3) is 22.3 Å². The van der Waals surface area contributed by atoms with Crippen LogP contribution in [0.5, 0.6) is 0 Å². The number of hydrogen-bond acceptors (Lipinski definition) is 8. The molecule has 8 nitrogen and oxygen atoms in total. The first kappa shape index (κ1) is 28.7. The Morgan fingerprint density at radius 1 is 0.351 bits per heavy atom. The van der Waals surface area contributed by atoms with Crippen LogP contribution < -0.4 is 20.4 Å². The zero-order valence-corrected chi connectivity index (χ0v) is 20.6. The minimum Gasteiger partial charge on any atom is -0.545 e. The molecular weight excluding hydrogens is 512 g/mol. The Hall–Kier alpha value is -4.53. The molecule has 0 aliphatic carbocycles. The fraction of sp³-hybridized carbons (Fsp3) is 0. The molecule has 0 radical (unpaired) electrons. The van der Waals surface area contributed by atoms with Crippen LogP contribution in [0, 0.1) is 0 Å². The van der Waals surface area contributed by atoms with Gasteiger partial charge in [0.15, 0.2) is 0 Å². The minimum absolute atomic E-state index is 0.